The highest BCUT2D eigenvalue weighted by Gasteiger charge is 2.30. The molecule has 120 valence electrons. The van der Waals surface area contributed by atoms with E-state index in [0.29, 0.717) is 5.56 Å². The van der Waals surface area contributed by atoms with Crippen LogP contribution in [0.2, 0.25) is 0 Å². The molecule has 0 fully saturated rings. The number of hydrogen-bond acceptors (Lipinski definition) is 5. The van der Waals surface area contributed by atoms with Crippen molar-refractivity contribution in [3.05, 3.63) is 70.1 Å². The highest BCUT2D eigenvalue weighted by atomic mass is 32.1. The fourth-order valence-electron chi connectivity index (χ4n) is 2.74. The van der Waals surface area contributed by atoms with Gasteiger partial charge in [0.05, 0.1) is 11.3 Å². The smallest absolute Gasteiger partial charge is 0.340 e. The van der Waals surface area contributed by atoms with Crippen LogP contribution in [0.4, 0.5) is 5.13 Å². The van der Waals surface area contributed by atoms with Gasteiger partial charge in [0.15, 0.2) is 5.13 Å². The van der Waals surface area contributed by atoms with E-state index in [1.807, 2.05) is 23.6 Å². The van der Waals surface area contributed by atoms with Gasteiger partial charge in [0.2, 0.25) is 6.23 Å². The SMILES string of the molecule is Cc1ccc(-c2csc(NC3OC(=O)c4ccccc43)n2)cc1C. The molecule has 1 atom stereocenters. The van der Waals surface area contributed by atoms with Gasteiger partial charge in [0.25, 0.3) is 0 Å². The fourth-order valence-corrected chi connectivity index (χ4v) is 3.48. The molecule has 0 saturated carbocycles. The molecule has 1 aliphatic rings. The lowest BCUT2D eigenvalue weighted by Gasteiger charge is -2.11. The molecule has 1 unspecified atom stereocenters. The van der Waals surface area contributed by atoms with Crippen LogP contribution in [0.5, 0.6) is 0 Å². The number of fused-ring (bicyclic) bond motifs is 1. The number of nitrogens with zero attached hydrogens (tertiary/aromatic N) is 1. The summed E-state index contributed by atoms with van der Waals surface area (Å²) in [6.45, 7) is 4.19. The first-order valence-electron chi connectivity index (χ1n) is 7.71. The van der Waals surface area contributed by atoms with Gasteiger partial charge in [-0.2, -0.15) is 0 Å². The lowest BCUT2D eigenvalue weighted by Crippen LogP contribution is -2.09. The zero-order chi connectivity index (χ0) is 16.7. The van der Waals surface area contributed by atoms with E-state index in [-0.39, 0.29) is 5.97 Å². The Bertz CT molecular complexity index is 933. The van der Waals surface area contributed by atoms with Crippen LogP contribution in [0.1, 0.15) is 33.3 Å². The van der Waals surface area contributed by atoms with E-state index in [0.717, 1.165) is 22.0 Å². The Balaban J connectivity index is 1.58. The number of aromatic nitrogens is 1. The van der Waals surface area contributed by atoms with E-state index in [4.69, 9.17) is 4.74 Å². The minimum Gasteiger partial charge on any atom is -0.434 e. The summed E-state index contributed by atoms with van der Waals surface area (Å²) in [5, 5.41) is 5.95. The molecule has 0 amide bonds. The number of benzene rings is 2. The monoisotopic (exact) mass is 336 g/mol. The van der Waals surface area contributed by atoms with Gasteiger partial charge >= 0.3 is 5.97 Å². The summed E-state index contributed by atoms with van der Waals surface area (Å²) in [6.07, 6.45) is -0.479. The van der Waals surface area contributed by atoms with Gasteiger partial charge < -0.3 is 10.1 Å². The van der Waals surface area contributed by atoms with Gasteiger partial charge in [0.1, 0.15) is 0 Å². The second-order valence-corrected chi connectivity index (χ2v) is 6.71. The van der Waals surface area contributed by atoms with Gasteiger partial charge in [-0.25, -0.2) is 9.78 Å². The summed E-state index contributed by atoms with van der Waals surface area (Å²) in [5.74, 6) is -0.297. The molecule has 0 aliphatic carbocycles. The molecule has 4 rings (SSSR count). The Morgan fingerprint density at radius 2 is 1.96 bits per heavy atom. The first-order valence-corrected chi connectivity index (χ1v) is 8.59. The van der Waals surface area contributed by atoms with Crippen molar-refractivity contribution in [2.45, 2.75) is 20.1 Å². The van der Waals surface area contributed by atoms with Gasteiger partial charge in [-0.3, -0.25) is 0 Å². The van der Waals surface area contributed by atoms with Crippen molar-refractivity contribution in [2.24, 2.45) is 0 Å². The third-order valence-electron chi connectivity index (χ3n) is 4.25. The number of ether oxygens (including phenoxy) is 1. The molecule has 2 heterocycles. The normalized spacial score (nSPS) is 15.9. The minimum atomic E-state index is -0.479. The molecule has 1 N–H and O–H groups in total. The van der Waals surface area contributed by atoms with Gasteiger partial charge in [-0.1, -0.05) is 30.3 Å². The average molecular weight is 336 g/mol. The predicted molar refractivity (Wildman–Crippen MR) is 95.2 cm³/mol. The number of esters is 1. The summed E-state index contributed by atoms with van der Waals surface area (Å²) in [4.78, 5) is 16.5. The molecule has 1 aliphatic heterocycles. The number of carbonyl (C=O) groups is 1. The number of cyclic esters (lactones) is 1. The predicted octanol–water partition coefficient (Wildman–Crippen LogP) is 4.71. The number of anilines is 1. The van der Waals surface area contributed by atoms with E-state index in [1.54, 1.807) is 6.07 Å². The van der Waals surface area contributed by atoms with Crippen LogP contribution in [0.25, 0.3) is 11.3 Å². The maximum atomic E-state index is 11.9. The van der Waals surface area contributed by atoms with Crippen molar-refractivity contribution in [1.82, 2.24) is 4.98 Å². The Morgan fingerprint density at radius 3 is 2.79 bits per heavy atom. The quantitative estimate of drug-likeness (QED) is 0.704. The highest BCUT2D eigenvalue weighted by molar-refractivity contribution is 7.14. The maximum absolute atomic E-state index is 11.9. The third-order valence-corrected chi connectivity index (χ3v) is 5.02. The van der Waals surface area contributed by atoms with Crippen LogP contribution >= 0.6 is 11.3 Å². The van der Waals surface area contributed by atoms with E-state index >= 15 is 0 Å². The Hall–Kier alpha value is -2.66. The molecule has 3 aromatic rings. The number of thiazole rings is 1. The second kappa shape index (κ2) is 5.76. The van der Waals surface area contributed by atoms with Crippen molar-refractivity contribution in [2.75, 3.05) is 5.32 Å². The molecule has 0 bridgehead atoms. The van der Waals surface area contributed by atoms with Crippen LogP contribution in [-0.4, -0.2) is 11.0 Å². The summed E-state index contributed by atoms with van der Waals surface area (Å²) in [7, 11) is 0. The van der Waals surface area contributed by atoms with Crippen LogP contribution < -0.4 is 5.32 Å². The molecule has 4 nitrogen and oxygen atoms in total. The van der Waals surface area contributed by atoms with Gasteiger partial charge in [-0.05, 0) is 37.1 Å². The molecule has 0 saturated heterocycles. The summed E-state index contributed by atoms with van der Waals surface area (Å²) < 4.78 is 5.40. The molecule has 0 radical (unpaired) electrons. The van der Waals surface area contributed by atoms with Crippen LogP contribution in [0.3, 0.4) is 0 Å². The molecule has 24 heavy (non-hydrogen) atoms. The maximum Gasteiger partial charge on any atom is 0.340 e. The van der Waals surface area contributed by atoms with Crippen molar-refractivity contribution >= 4 is 22.4 Å². The lowest BCUT2D eigenvalue weighted by molar-refractivity contribution is 0.0437. The Kier molecular flexibility index (Phi) is 3.58. The van der Waals surface area contributed by atoms with Crippen molar-refractivity contribution in [3.8, 4) is 11.3 Å². The minimum absolute atomic E-state index is 0.297. The average Bonchev–Trinajstić information content (AvgIpc) is 3.17. The fraction of sp³-hybridized carbons (Fsp3) is 0.158. The standard InChI is InChI=1S/C19H16N2O2S/c1-11-7-8-13(9-12(11)2)16-10-24-19(20-16)21-17-14-5-3-4-6-15(14)18(22)23-17/h3-10,17H,1-2H3,(H,20,21). The summed E-state index contributed by atoms with van der Waals surface area (Å²) in [5.41, 5.74) is 5.98. The number of nitrogens with one attached hydrogen (secondary N) is 1. The molecular weight excluding hydrogens is 320 g/mol. The molecule has 5 heteroatoms. The first kappa shape index (κ1) is 14.9. The van der Waals surface area contributed by atoms with Crippen LogP contribution in [0, 0.1) is 13.8 Å². The largest absolute Gasteiger partial charge is 0.434 e. The zero-order valence-electron chi connectivity index (χ0n) is 13.4. The van der Waals surface area contributed by atoms with E-state index < -0.39 is 6.23 Å². The molecule has 0 spiro atoms. The Morgan fingerprint density at radius 1 is 1.12 bits per heavy atom. The van der Waals surface area contributed by atoms with E-state index in [1.165, 1.54) is 22.5 Å². The first-order chi connectivity index (χ1) is 11.6. The van der Waals surface area contributed by atoms with E-state index in [9.17, 15) is 4.79 Å². The number of aryl methyl sites for hydroxylation is 2. The topological polar surface area (TPSA) is 51.2 Å². The lowest BCUT2D eigenvalue weighted by atomic mass is 10.1. The van der Waals surface area contributed by atoms with Gasteiger partial charge in [-0.15, -0.1) is 11.3 Å². The number of carbonyl (C=O) groups excluding carboxylic acids is 1. The van der Waals surface area contributed by atoms with Gasteiger partial charge in [0, 0.05) is 16.5 Å². The summed E-state index contributed by atoms with van der Waals surface area (Å²) >= 11 is 1.50. The van der Waals surface area contributed by atoms with Crippen LogP contribution in [-0.2, 0) is 4.74 Å². The molecule has 1 aromatic heterocycles. The summed E-state index contributed by atoms with van der Waals surface area (Å²) in [6, 6.07) is 13.7. The number of hydrogen-bond donors (Lipinski definition) is 1. The van der Waals surface area contributed by atoms with Crippen LogP contribution in [0.15, 0.2) is 47.8 Å². The zero-order valence-corrected chi connectivity index (χ0v) is 14.2. The third kappa shape index (κ3) is 2.57. The van der Waals surface area contributed by atoms with Crippen molar-refractivity contribution < 1.29 is 9.53 Å². The molecule has 2 aromatic carbocycles. The Labute approximate surface area is 144 Å². The number of rotatable bonds is 3. The molecular formula is C19H16N2O2S. The van der Waals surface area contributed by atoms with Crippen molar-refractivity contribution in [1.29, 1.82) is 0 Å². The van der Waals surface area contributed by atoms with Crippen molar-refractivity contribution in [3.63, 3.8) is 0 Å². The van der Waals surface area contributed by atoms with E-state index in [2.05, 4.69) is 42.3 Å². The second-order valence-electron chi connectivity index (χ2n) is 5.85. The highest BCUT2D eigenvalue weighted by Crippen LogP contribution is 2.33.